The number of anilines is 2. The minimum absolute atomic E-state index is 0.513. The number of nitrogens with zero attached hydrogens (tertiary/aromatic N) is 1. The number of nitrogens with one attached hydrogen (secondary N) is 1. The van der Waals surface area contributed by atoms with Gasteiger partial charge in [0.05, 0.1) is 0 Å². The average molecular weight is 264 g/mol. The van der Waals surface area contributed by atoms with E-state index in [4.69, 9.17) is 0 Å². The fourth-order valence-corrected chi connectivity index (χ4v) is 2.63. The largest absolute Gasteiger partial charge is 0.355 e. The summed E-state index contributed by atoms with van der Waals surface area (Å²) in [6.45, 7) is 4.45. The molecule has 20 heavy (non-hydrogen) atoms. The molecule has 0 saturated carbocycles. The molecule has 0 bridgehead atoms. The third-order valence-corrected chi connectivity index (χ3v) is 3.75. The number of aryl methyl sites for hydroxylation is 1. The second kappa shape index (κ2) is 5.04. The van der Waals surface area contributed by atoms with E-state index in [2.05, 4.69) is 85.5 Å². The number of para-hydroxylation sites is 1. The van der Waals surface area contributed by atoms with Crippen molar-refractivity contribution in [2.75, 3.05) is 5.32 Å². The maximum Gasteiger partial charge on any atom is 0.0479 e. The molecule has 3 rings (SSSR count). The number of hydrogen-bond donors (Lipinski definition) is 1. The van der Waals surface area contributed by atoms with Crippen LogP contribution in [0.3, 0.4) is 0 Å². The van der Waals surface area contributed by atoms with Gasteiger partial charge in [-0.2, -0.15) is 0 Å². The second-order valence-electron chi connectivity index (χ2n) is 5.57. The molecule has 0 aliphatic heterocycles. The first-order valence-corrected chi connectivity index (χ1v) is 7.06. The Hall–Kier alpha value is -2.22. The van der Waals surface area contributed by atoms with Crippen molar-refractivity contribution in [1.82, 2.24) is 4.57 Å². The highest BCUT2D eigenvalue weighted by Gasteiger charge is 2.06. The van der Waals surface area contributed by atoms with Crippen molar-refractivity contribution in [2.45, 2.75) is 19.8 Å². The summed E-state index contributed by atoms with van der Waals surface area (Å²) in [5.41, 5.74) is 4.93. The molecule has 0 spiro atoms. The first-order chi connectivity index (χ1) is 9.65. The Kier molecular flexibility index (Phi) is 3.23. The number of fused-ring (bicyclic) bond motifs is 1. The quantitative estimate of drug-likeness (QED) is 0.700. The Morgan fingerprint density at radius 3 is 2.60 bits per heavy atom. The van der Waals surface area contributed by atoms with Crippen LogP contribution in [0.15, 0.2) is 54.7 Å². The lowest BCUT2D eigenvalue weighted by molar-refractivity contribution is 0.869. The van der Waals surface area contributed by atoms with Crippen LogP contribution in [0, 0.1) is 0 Å². The summed E-state index contributed by atoms with van der Waals surface area (Å²) in [6.07, 6.45) is 2.09. The van der Waals surface area contributed by atoms with Gasteiger partial charge in [-0.3, -0.25) is 0 Å². The molecule has 2 aromatic carbocycles. The number of rotatable bonds is 3. The number of hydrogen-bond acceptors (Lipinski definition) is 1. The van der Waals surface area contributed by atoms with Crippen molar-refractivity contribution in [1.29, 1.82) is 0 Å². The fraction of sp³-hybridized carbons (Fsp3) is 0.222. The molecule has 0 aliphatic rings. The molecular weight excluding hydrogens is 244 g/mol. The highest BCUT2D eigenvalue weighted by molar-refractivity contribution is 5.84. The van der Waals surface area contributed by atoms with Crippen LogP contribution in [-0.2, 0) is 7.05 Å². The van der Waals surface area contributed by atoms with Gasteiger partial charge in [-0.05, 0) is 41.8 Å². The highest BCUT2D eigenvalue weighted by atomic mass is 14.9. The summed E-state index contributed by atoms with van der Waals surface area (Å²) in [6, 6.07) is 17.2. The van der Waals surface area contributed by atoms with Gasteiger partial charge in [0.15, 0.2) is 0 Å². The molecule has 0 amide bonds. The summed E-state index contributed by atoms with van der Waals surface area (Å²) >= 11 is 0. The lowest BCUT2D eigenvalue weighted by atomic mass is 10.0. The minimum Gasteiger partial charge on any atom is -0.355 e. The van der Waals surface area contributed by atoms with E-state index >= 15 is 0 Å². The van der Waals surface area contributed by atoms with Crippen LogP contribution in [0.2, 0.25) is 0 Å². The maximum absolute atomic E-state index is 3.55. The van der Waals surface area contributed by atoms with Gasteiger partial charge < -0.3 is 9.88 Å². The molecule has 0 aliphatic carbocycles. The topological polar surface area (TPSA) is 17.0 Å². The van der Waals surface area contributed by atoms with Gasteiger partial charge in [0, 0.05) is 35.5 Å². The lowest BCUT2D eigenvalue weighted by Gasteiger charge is -2.14. The van der Waals surface area contributed by atoms with Gasteiger partial charge in [-0.25, -0.2) is 0 Å². The Labute approximate surface area is 120 Å². The SMILES string of the molecule is CC(C)c1ccccc1Nc1ccc2c(ccn2C)c1. The molecule has 0 saturated heterocycles. The van der Waals surface area contributed by atoms with Gasteiger partial charge >= 0.3 is 0 Å². The van der Waals surface area contributed by atoms with Crippen molar-refractivity contribution in [3.63, 3.8) is 0 Å². The van der Waals surface area contributed by atoms with Crippen molar-refractivity contribution in [3.05, 3.63) is 60.3 Å². The molecule has 102 valence electrons. The van der Waals surface area contributed by atoms with Gasteiger partial charge in [-0.15, -0.1) is 0 Å². The van der Waals surface area contributed by atoms with Crippen LogP contribution in [0.1, 0.15) is 25.3 Å². The van der Waals surface area contributed by atoms with Crippen molar-refractivity contribution >= 4 is 22.3 Å². The van der Waals surface area contributed by atoms with Gasteiger partial charge in [-0.1, -0.05) is 32.0 Å². The zero-order valence-corrected chi connectivity index (χ0v) is 12.2. The summed E-state index contributed by atoms with van der Waals surface area (Å²) in [4.78, 5) is 0. The maximum atomic E-state index is 3.55. The minimum atomic E-state index is 0.513. The molecule has 2 nitrogen and oxygen atoms in total. The lowest BCUT2D eigenvalue weighted by Crippen LogP contribution is -1.97. The van der Waals surface area contributed by atoms with Crippen LogP contribution in [0.4, 0.5) is 11.4 Å². The van der Waals surface area contributed by atoms with E-state index in [9.17, 15) is 0 Å². The Morgan fingerprint density at radius 1 is 1.00 bits per heavy atom. The standard InChI is InChI=1S/C18H20N2/c1-13(2)16-6-4-5-7-17(16)19-15-8-9-18-14(12-15)10-11-20(18)3/h4-13,19H,1-3H3. The molecule has 1 aromatic heterocycles. The van der Waals surface area contributed by atoms with Gasteiger partial charge in [0.2, 0.25) is 0 Å². The number of aromatic nitrogens is 1. The predicted octanol–water partition coefficient (Wildman–Crippen LogP) is 5.05. The predicted molar refractivity (Wildman–Crippen MR) is 86.7 cm³/mol. The molecule has 2 heteroatoms. The third-order valence-electron chi connectivity index (χ3n) is 3.75. The van der Waals surface area contributed by atoms with E-state index < -0.39 is 0 Å². The van der Waals surface area contributed by atoms with Crippen molar-refractivity contribution in [2.24, 2.45) is 7.05 Å². The van der Waals surface area contributed by atoms with E-state index in [1.165, 1.54) is 22.2 Å². The van der Waals surface area contributed by atoms with Crippen LogP contribution in [-0.4, -0.2) is 4.57 Å². The van der Waals surface area contributed by atoms with Crippen LogP contribution >= 0.6 is 0 Å². The first kappa shape index (κ1) is 12.8. The zero-order valence-electron chi connectivity index (χ0n) is 12.2. The van der Waals surface area contributed by atoms with Gasteiger partial charge in [0.25, 0.3) is 0 Å². The molecule has 0 fully saturated rings. The van der Waals surface area contributed by atoms with E-state index in [-0.39, 0.29) is 0 Å². The normalized spacial score (nSPS) is 11.2. The van der Waals surface area contributed by atoms with Crippen molar-refractivity contribution < 1.29 is 0 Å². The Balaban J connectivity index is 1.97. The number of benzene rings is 2. The van der Waals surface area contributed by atoms with Crippen molar-refractivity contribution in [3.8, 4) is 0 Å². The summed E-state index contributed by atoms with van der Waals surface area (Å²) in [7, 11) is 2.07. The van der Waals surface area contributed by atoms with Crippen LogP contribution in [0.25, 0.3) is 10.9 Å². The summed E-state index contributed by atoms with van der Waals surface area (Å²) < 4.78 is 2.14. The van der Waals surface area contributed by atoms with E-state index in [0.717, 1.165) is 5.69 Å². The first-order valence-electron chi connectivity index (χ1n) is 7.06. The molecule has 1 heterocycles. The highest BCUT2D eigenvalue weighted by Crippen LogP contribution is 2.28. The molecule has 3 aromatic rings. The zero-order chi connectivity index (χ0) is 14.1. The third kappa shape index (κ3) is 2.29. The second-order valence-corrected chi connectivity index (χ2v) is 5.57. The summed E-state index contributed by atoms with van der Waals surface area (Å²) in [5.74, 6) is 0.513. The molecule has 1 N–H and O–H groups in total. The monoisotopic (exact) mass is 264 g/mol. The van der Waals surface area contributed by atoms with Gasteiger partial charge in [0.1, 0.15) is 0 Å². The summed E-state index contributed by atoms with van der Waals surface area (Å²) in [5, 5.41) is 4.81. The molecule has 0 unspecified atom stereocenters. The molecular formula is C18H20N2. The fourth-order valence-electron chi connectivity index (χ4n) is 2.63. The molecule has 0 atom stereocenters. The molecule has 0 radical (unpaired) electrons. The van der Waals surface area contributed by atoms with Crippen LogP contribution < -0.4 is 5.32 Å². The Morgan fingerprint density at radius 2 is 1.80 bits per heavy atom. The average Bonchev–Trinajstić information content (AvgIpc) is 2.80. The Bertz CT molecular complexity index is 738. The van der Waals surface area contributed by atoms with E-state index in [1.807, 2.05) is 0 Å². The smallest absolute Gasteiger partial charge is 0.0479 e. The van der Waals surface area contributed by atoms with Crippen LogP contribution in [0.5, 0.6) is 0 Å². The van der Waals surface area contributed by atoms with E-state index in [1.54, 1.807) is 0 Å². The van der Waals surface area contributed by atoms with E-state index in [0.29, 0.717) is 5.92 Å².